The van der Waals surface area contributed by atoms with Crippen molar-refractivity contribution in [3.8, 4) is 0 Å². The molecule has 2 heterocycles. The van der Waals surface area contributed by atoms with E-state index in [2.05, 4.69) is 56.6 Å². The zero-order valence-electron chi connectivity index (χ0n) is 16.0. The third-order valence-electron chi connectivity index (χ3n) is 4.62. The molecule has 0 aliphatic rings. The number of nitrogens with one attached hydrogen (secondary N) is 1. The molecule has 0 aliphatic carbocycles. The number of amides is 1. The van der Waals surface area contributed by atoms with Crippen molar-refractivity contribution in [1.82, 2.24) is 19.6 Å². The van der Waals surface area contributed by atoms with Crippen LogP contribution in [0.25, 0.3) is 0 Å². The van der Waals surface area contributed by atoms with E-state index in [1.165, 1.54) is 11.1 Å². The normalized spacial score (nSPS) is 12.2. The van der Waals surface area contributed by atoms with Gasteiger partial charge < -0.3 is 5.32 Å². The number of aryl methyl sites for hydroxylation is 2. The van der Waals surface area contributed by atoms with Gasteiger partial charge in [0.15, 0.2) is 0 Å². The molecule has 0 spiro atoms. The summed E-state index contributed by atoms with van der Waals surface area (Å²) in [5.41, 5.74) is 4.94. The van der Waals surface area contributed by atoms with E-state index in [9.17, 15) is 4.79 Å². The SMILES string of the molecule is CCC(C(=O)Nc1c(C)nn(Cc2cccc(C)c2)c1C)n1cc(Br)cn1. The van der Waals surface area contributed by atoms with Gasteiger partial charge in [0.25, 0.3) is 0 Å². The van der Waals surface area contributed by atoms with E-state index in [0.717, 1.165) is 21.5 Å². The van der Waals surface area contributed by atoms with Crippen LogP contribution >= 0.6 is 15.9 Å². The van der Waals surface area contributed by atoms with Gasteiger partial charge in [0.2, 0.25) is 5.91 Å². The van der Waals surface area contributed by atoms with Gasteiger partial charge in [-0.15, -0.1) is 0 Å². The van der Waals surface area contributed by atoms with Crippen LogP contribution in [0.5, 0.6) is 0 Å². The molecular weight excluding hydrogens is 406 g/mol. The molecule has 27 heavy (non-hydrogen) atoms. The number of nitrogens with zero attached hydrogens (tertiary/aromatic N) is 4. The lowest BCUT2D eigenvalue weighted by molar-refractivity contribution is -0.119. The van der Waals surface area contributed by atoms with Gasteiger partial charge in [-0.25, -0.2) is 0 Å². The zero-order chi connectivity index (χ0) is 19.6. The van der Waals surface area contributed by atoms with E-state index in [4.69, 9.17) is 0 Å². The van der Waals surface area contributed by atoms with Crippen LogP contribution in [0.2, 0.25) is 0 Å². The summed E-state index contributed by atoms with van der Waals surface area (Å²) in [6.07, 6.45) is 4.15. The first-order valence-corrected chi connectivity index (χ1v) is 9.78. The van der Waals surface area contributed by atoms with Crippen molar-refractivity contribution in [2.45, 2.75) is 46.7 Å². The average molecular weight is 430 g/mol. The monoisotopic (exact) mass is 429 g/mol. The van der Waals surface area contributed by atoms with Crippen molar-refractivity contribution in [1.29, 1.82) is 0 Å². The summed E-state index contributed by atoms with van der Waals surface area (Å²) in [7, 11) is 0. The Morgan fingerprint density at radius 2 is 2.07 bits per heavy atom. The van der Waals surface area contributed by atoms with Crippen LogP contribution in [-0.2, 0) is 11.3 Å². The smallest absolute Gasteiger partial charge is 0.249 e. The van der Waals surface area contributed by atoms with Crippen LogP contribution in [0.15, 0.2) is 41.1 Å². The van der Waals surface area contributed by atoms with E-state index in [0.29, 0.717) is 13.0 Å². The highest BCUT2D eigenvalue weighted by Gasteiger charge is 2.22. The molecule has 1 aromatic carbocycles. The van der Waals surface area contributed by atoms with Crippen LogP contribution in [0.3, 0.4) is 0 Å². The molecule has 0 radical (unpaired) electrons. The van der Waals surface area contributed by atoms with Crippen LogP contribution in [0.1, 0.15) is 41.9 Å². The van der Waals surface area contributed by atoms with Crippen molar-refractivity contribution in [3.05, 3.63) is 63.6 Å². The lowest BCUT2D eigenvalue weighted by atomic mass is 10.1. The van der Waals surface area contributed by atoms with E-state index in [-0.39, 0.29) is 11.9 Å². The molecular formula is C20H24BrN5O. The lowest BCUT2D eigenvalue weighted by Gasteiger charge is -2.16. The molecule has 0 saturated carbocycles. The molecule has 142 valence electrons. The number of carbonyl (C=O) groups excluding carboxylic acids is 1. The van der Waals surface area contributed by atoms with Gasteiger partial charge in [-0.3, -0.25) is 14.2 Å². The van der Waals surface area contributed by atoms with E-state index >= 15 is 0 Å². The van der Waals surface area contributed by atoms with E-state index in [1.807, 2.05) is 37.7 Å². The fourth-order valence-corrected chi connectivity index (χ4v) is 3.50. The Morgan fingerprint density at radius 3 is 2.70 bits per heavy atom. The van der Waals surface area contributed by atoms with Gasteiger partial charge in [0.05, 0.1) is 34.3 Å². The number of hydrogen-bond acceptors (Lipinski definition) is 3. The summed E-state index contributed by atoms with van der Waals surface area (Å²) in [6.45, 7) is 8.63. The Bertz CT molecular complexity index is 959. The molecule has 1 amide bonds. The maximum absolute atomic E-state index is 12.8. The maximum Gasteiger partial charge on any atom is 0.249 e. The summed E-state index contributed by atoms with van der Waals surface area (Å²) < 4.78 is 4.47. The first kappa shape index (κ1) is 19.4. The van der Waals surface area contributed by atoms with E-state index < -0.39 is 0 Å². The summed E-state index contributed by atoms with van der Waals surface area (Å²) in [5.74, 6) is -0.0885. The van der Waals surface area contributed by atoms with Crippen molar-refractivity contribution in [2.24, 2.45) is 0 Å². The standard InChI is InChI=1S/C20H24BrN5O/c1-5-18(26-12-17(21)10-22-26)20(27)23-19-14(3)24-25(15(19)4)11-16-8-6-7-13(2)9-16/h6-10,12,18H,5,11H2,1-4H3,(H,23,27). The molecule has 2 aromatic heterocycles. The van der Waals surface area contributed by atoms with Crippen molar-refractivity contribution in [3.63, 3.8) is 0 Å². The molecule has 1 unspecified atom stereocenters. The summed E-state index contributed by atoms with van der Waals surface area (Å²) in [6, 6.07) is 8.00. The largest absolute Gasteiger partial charge is 0.321 e. The Hall–Kier alpha value is -2.41. The summed E-state index contributed by atoms with van der Waals surface area (Å²) >= 11 is 3.38. The quantitative estimate of drug-likeness (QED) is 0.630. The zero-order valence-corrected chi connectivity index (χ0v) is 17.6. The fraction of sp³-hybridized carbons (Fsp3) is 0.350. The predicted molar refractivity (Wildman–Crippen MR) is 110 cm³/mol. The third kappa shape index (κ3) is 4.30. The highest BCUT2D eigenvalue weighted by molar-refractivity contribution is 9.10. The van der Waals surface area contributed by atoms with Crippen LogP contribution in [0, 0.1) is 20.8 Å². The molecule has 0 bridgehead atoms. The summed E-state index contributed by atoms with van der Waals surface area (Å²) in [5, 5.41) is 11.9. The molecule has 3 rings (SSSR count). The molecule has 7 heteroatoms. The minimum absolute atomic E-state index is 0.0885. The van der Waals surface area contributed by atoms with Crippen LogP contribution in [-0.4, -0.2) is 25.5 Å². The number of benzene rings is 1. The Labute approximate surface area is 167 Å². The first-order valence-electron chi connectivity index (χ1n) is 8.99. The second kappa shape index (κ2) is 8.08. The lowest BCUT2D eigenvalue weighted by Crippen LogP contribution is -2.26. The predicted octanol–water partition coefficient (Wildman–Crippen LogP) is 4.41. The Kier molecular flexibility index (Phi) is 5.79. The number of rotatable bonds is 6. The minimum atomic E-state index is -0.366. The van der Waals surface area contributed by atoms with Gasteiger partial charge >= 0.3 is 0 Å². The van der Waals surface area contributed by atoms with Crippen molar-refractivity contribution < 1.29 is 4.79 Å². The fourth-order valence-electron chi connectivity index (χ4n) is 3.20. The maximum atomic E-state index is 12.8. The van der Waals surface area contributed by atoms with Crippen LogP contribution < -0.4 is 5.32 Å². The number of carbonyl (C=O) groups is 1. The molecule has 6 nitrogen and oxygen atoms in total. The molecule has 0 fully saturated rings. The van der Waals surface area contributed by atoms with Gasteiger partial charge in [0, 0.05) is 6.20 Å². The van der Waals surface area contributed by atoms with Crippen molar-refractivity contribution in [2.75, 3.05) is 5.32 Å². The molecule has 1 N–H and O–H groups in total. The van der Waals surface area contributed by atoms with Gasteiger partial charge in [-0.05, 0) is 48.7 Å². The van der Waals surface area contributed by atoms with Gasteiger partial charge in [-0.1, -0.05) is 36.8 Å². The third-order valence-corrected chi connectivity index (χ3v) is 5.03. The minimum Gasteiger partial charge on any atom is -0.321 e. The topological polar surface area (TPSA) is 64.7 Å². The summed E-state index contributed by atoms with van der Waals surface area (Å²) in [4.78, 5) is 12.8. The van der Waals surface area contributed by atoms with Crippen molar-refractivity contribution >= 4 is 27.5 Å². The molecule has 3 aromatic rings. The number of hydrogen-bond donors (Lipinski definition) is 1. The molecule has 0 saturated heterocycles. The second-order valence-electron chi connectivity index (χ2n) is 6.74. The Balaban J connectivity index is 1.80. The highest BCUT2D eigenvalue weighted by atomic mass is 79.9. The molecule has 1 atom stereocenters. The van der Waals surface area contributed by atoms with Gasteiger partial charge in [0.1, 0.15) is 6.04 Å². The average Bonchev–Trinajstić information content (AvgIpc) is 3.14. The Morgan fingerprint density at radius 1 is 1.30 bits per heavy atom. The highest BCUT2D eigenvalue weighted by Crippen LogP contribution is 2.23. The number of halogens is 1. The molecule has 0 aliphatic heterocycles. The van der Waals surface area contributed by atoms with Crippen LogP contribution in [0.4, 0.5) is 5.69 Å². The first-order chi connectivity index (χ1) is 12.9. The number of aromatic nitrogens is 4. The van der Waals surface area contributed by atoms with Gasteiger partial charge in [-0.2, -0.15) is 10.2 Å². The van der Waals surface area contributed by atoms with E-state index in [1.54, 1.807) is 10.9 Å². The second-order valence-corrected chi connectivity index (χ2v) is 7.66. The number of anilines is 1.